The number of aromatic amines is 6. The van der Waals surface area contributed by atoms with Crippen LogP contribution in [0.1, 0.15) is 0 Å². The fraction of sp³-hybridized carbons (Fsp3) is 0. The standard InChI is InChI=1S/6C3H4N2.Cd.2FH.2H2O/c6*1-2-5-3-4-1;;;;;/h6*1-3H,(H,4,5);;2*1H;2*1H2/q;;;;;;+2;;;;/p-2. The summed E-state index contributed by atoms with van der Waals surface area (Å²) < 4.78 is 0. The van der Waals surface area contributed by atoms with Gasteiger partial charge < -0.3 is 50.3 Å². The number of aromatic nitrogens is 12. The van der Waals surface area contributed by atoms with Crippen LogP contribution in [0.5, 0.6) is 0 Å². The number of imidazole rings is 6. The predicted octanol–water partition coefficient (Wildman–Crippen LogP) is -5.19. The van der Waals surface area contributed by atoms with Gasteiger partial charge in [-0.2, -0.15) is 0 Å². The molecule has 0 bridgehead atoms. The van der Waals surface area contributed by atoms with E-state index in [1.54, 1.807) is 112 Å². The zero-order valence-electron chi connectivity index (χ0n) is 18.5. The minimum Gasteiger partial charge on any atom is -1.00 e. The van der Waals surface area contributed by atoms with Gasteiger partial charge in [-0.25, -0.2) is 29.9 Å². The van der Waals surface area contributed by atoms with Crippen molar-refractivity contribution in [1.82, 2.24) is 59.8 Å². The van der Waals surface area contributed by atoms with Gasteiger partial charge >= 0.3 is 27.3 Å². The molecule has 35 heavy (non-hydrogen) atoms. The second kappa shape index (κ2) is 37.3. The van der Waals surface area contributed by atoms with Crippen LogP contribution in [-0.4, -0.2) is 70.8 Å². The third kappa shape index (κ3) is 34.8. The summed E-state index contributed by atoms with van der Waals surface area (Å²) in [5, 5.41) is 0. The Morgan fingerprint density at radius 2 is 0.457 bits per heavy atom. The van der Waals surface area contributed by atoms with Crippen LogP contribution in [0.4, 0.5) is 0 Å². The molecular weight excluding hydrogens is 567 g/mol. The van der Waals surface area contributed by atoms with Crippen LogP contribution in [0.2, 0.25) is 0 Å². The Hall–Kier alpha value is -4.04. The van der Waals surface area contributed by atoms with E-state index < -0.39 is 0 Å². The monoisotopic (exact) mass is 596 g/mol. The molecule has 0 aliphatic heterocycles. The van der Waals surface area contributed by atoms with Gasteiger partial charge in [0.05, 0.1) is 38.0 Å². The van der Waals surface area contributed by atoms with E-state index in [1.807, 2.05) is 0 Å². The summed E-state index contributed by atoms with van der Waals surface area (Å²) in [6.07, 6.45) is 30.5. The summed E-state index contributed by atoms with van der Waals surface area (Å²) in [6.45, 7) is 0. The molecule has 6 aromatic rings. The Morgan fingerprint density at radius 1 is 0.314 bits per heavy atom. The zero-order valence-corrected chi connectivity index (χ0v) is 22.6. The SMILES string of the molecule is O.O.[Cd+2].[F-].[F-].c1c[nH]cn1.c1c[nH]cn1.c1c[nH]cn1.c1c[nH]cn1.c1c[nH]cn1.c1c[nH]cn1. The van der Waals surface area contributed by atoms with Crippen molar-refractivity contribution in [2.24, 2.45) is 0 Å². The van der Waals surface area contributed by atoms with Crippen molar-refractivity contribution in [1.29, 1.82) is 0 Å². The maximum atomic E-state index is 3.67. The van der Waals surface area contributed by atoms with Crippen LogP contribution in [0.3, 0.4) is 0 Å². The Labute approximate surface area is 219 Å². The van der Waals surface area contributed by atoms with E-state index in [9.17, 15) is 0 Å². The molecule has 6 heterocycles. The maximum Gasteiger partial charge on any atom is 2.00 e. The number of H-pyrrole nitrogens is 6. The van der Waals surface area contributed by atoms with Crippen molar-refractivity contribution in [3.05, 3.63) is 112 Å². The Morgan fingerprint density at radius 3 is 0.486 bits per heavy atom. The quantitative estimate of drug-likeness (QED) is 0.0939. The van der Waals surface area contributed by atoms with E-state index >= 15 is 0 Å². The molecule has 17 heteroatoms. The molecule has 0 aromatic carbocycles. The molecule has 0 unspecified atom stereocenters. The molecular formula is C18H28CdF2N12O2. The molecule has 10 N–H and O–H groups in total. The Bertz CT molecular complexity index is 600. The van der Waals surface area contributed by atoms with Gasteiger partial charge in [0.2, 0.25) is 0 Å². The Balaban J connectivity index is -0.0000001000. The molecule has 0 aliphatic carbocycles. The van der Waals surface area contributed by atoms with Gasteiger partial charge in [0.15, 0.2) is 0 Å². The largest absolute Gasteiger partial charge is 2.00 e. The fourth-order valence-electron chi connectivity index (χ4n) is 1.29. The summed E-state index contributed by atoms with van der Waals surface area (Å²) >= 11 is 0. The van der Waals surface area contributed by atoms with Crippen molar-refractivity contribution < 1.29 is 47.7 Å². The first-order chi connectivity index (χ1) is 15.0. The molecule has 0 saturated heterocycles. The molecule has 0 spiro atoms. The van der Waals surface area contributed by atoms with Crippen molar-refractivity contribution in [2.75, 3.05) is 0 Å². The number of nitrogens with zero attached hydrogens (tertiary/aromatic N) is 6. The van der Waals surface area contributed by atoms with E-state index in [1.165, 1.54) is 0 Å². The van der Waals surface area contributed by atoms with Gasteiger partial charge in [-0.1, -0.05) is 0 Å². The summed E-state index contributed by atoms with van der Waals surface area (Å²) in [7, 11) is 0. The molecule has 0 fully saturated rings. The molecule has 6 aromatic heterocycles. The third-order valence-corrected chi connectivity index (χ3v) is 2.44. The molecule has 6 rings (SSSR count). The Kier molecular flexibility index (Phi) is 43.9. The van der Waals surface area contributed by atoms with Gasteiger partial charge in [0, 0.05) is 74.4 Å². The van der Waals surface area contributed by atoms with E-state index in [2.05, 4.69) is 59.8 Å². The predicted molar refractivity (Wildman–Crippen MR) is 119 cm³/mol. The second-order valence-corrected chi connectivity index (χ2v) is 4.56. The van der Waals surface area contributed by atoms with Gasteiger partial charge in [0.25, 0.3) is 0 Å². The average molecular weight is 595 g/mol. The second-order valence-electron chi connectivity index (χ2n) is 4.56. The van der Waals surface area contributed by atoms with E-state index in [0.717, 1.165) is 0 Å². The molecule has 14 nitrogen and oxygen atoms in total. The van der Waals surface area contributed by atoms with Crippen molar-refractivity contribution in [2.45, 2.75) is 0 Å². The smallest absolute Gasteiger partial charge is 1.00 e. The summed E-state index contributed by atoms with van der Waals surface area (Å²) in [4.78, 5) is 38.5. The number of rotatable bonds is 0. The minimum absolute atomic E-state index is 0. The van der Waals surface area contributed by atoms with Gasteiger partial charge in [0.1, 0.15) is 0 Å². The van der Waals surface area contributed by atoms with Gasteiger partial charge in [-0.15, -0.1) is 0 Å². The number of nitrogens with one attached hydrogen (secondary N) is 6. The van der Waals surface area contributed by atoms with Crippen molar-refractivity contribution in [3.8, 4) is 0 Å². The van der Waals surface area contributed by atoms with E-state index in [-0.39, 0.29) is 47.7 Å². The van der Waals surface area contributed by atoms with Crippen molar-refractivity contribution in [3.63, 3.8) is 0 Å². The van der Waals surface area contributed by atoms with E-state index in [0.29, 0.717) is 0 Å². The van der Waals surface area contributed by atoms with Crippen LogP contribution in [-0.2, 0) is 27.3 Å². The minimum atomic E-state index is 0. The topological polar surface area (TPSA) is 235 Å². The number of halogens is 2. The van der Waals surface area contributed by atoms with Crippen molar-refractivity contribution >= 4 is 0 Å². The molecule has 0 atom stereocenters. The van der Waals surface area contributed by atoms with Crippen LogP contribution in [0.15, 0.2) is 112 Å². The normalized spacial score (nSPS) is 6.86. The number of hydrogen-bond donors (Lipinski definition) is 6. The molecule has 0 aliphatic rings. The zero-order chi connectivity index (χ0) is 21.2. The van der Waals surface area contributed by atoms with Crippen LogP contribution in [0, 0.1) is 0 Å². The fourth-order valence-corrected chi connectivity index (χ4v) is 1.29. The molecule has 0 saturated carbocycles. The van der Waals surface area contributed by atoms with Gasteiger partial charge in [-0.3, -0.25) is 0 Å². The van der Waals surface area contributed by atoms with E-state index in [4.69, 9.17) is 0 Å². The van der Waals surface area contributed by atoms with Crippen LogP contribution in [0.25, 0.3) is 0 Å². The first-order valence-electron chi connectivity index (χ1n) is 8.56. The number of hydrogen-bond acceptors (Lipinski definition) is 6. The maximum absolute atomic E-state index is 3.67. The average Bonchev–Trinajstić information content (AvgIpc) is 3.69. The molecule has 0 radical (unpaired) electrons. The first-order valence-corrected chi connectivity index (χ1v) is 8.56. The summed E-state index contributed by atoms with van der Waals surface area (Å²) in [6, 6.07) is 0. The first kappa shape index (κ1) is 41.2. The third-order valence-electron chi connectivity index (χ3n) is 2.44. The summed E-state index contributed by atoms with van der Waals surface area (Å²) in [5.41, 5.74) is 0. The summed E-state index contributed by atoms with van der Waals surface area (Å²) in [5.74, 6) is 0. The molecule has 0 amide bonds. The molecule has 188 valence electrons. The van der Waals surface area contributed by atoms with Crippen LogP contribution < -0.4 is 9.41 Å². The van der Waals surface area contributed by atoms with Gasteiger partial charge in [-0.05, 0) is 0 Å². The van der Waals surface area contributed by atoms with Crippen LogP contribution >= 0.6 is 0 Å².